The molecule has 8 heteroatoms. The van der Waals surface area contributed by atoms with Crippen LogP contribution in [0.3, 0.4) is 0 Å². The Labute approximate surface area is 206 Å². The van der Waals surface area contributed by atoms with Crippen LogP contribution < -0.4 is 10.6 Å². The third-order valence-electron chi connectivity index (χ3n) is 7.09. The first-order chi connectivity index (χ1) is 16.5. The van der Waals surface area contributed by atoms with Gasteiger partial charge >= 0.3 is 17.9 Å². The number of ether oxygens (including phenoxy) is 1. The third-order valence-corrected chi connectivity index (χ3v) is 7.09. The van der Waals surface area contributed by atoms with E-state index in [4.69, 9.17) is 4.74 Å². The molecule has 0 radical (unpaired) electrons. The second kappa shape index (κ2) is 9.32. The van der Waals surface area contributed by atoms with Gasteiger partial charge in [-0.15, -0.1) is 0 Å². The number of pyridine rings is 1. The summed E-state index contributed by atoms with van der Waals surface area (Å²) in [5.74, 6) is -0.157. The number of hydrogen-bond acceptors (Lipinski definition) is 5. The lowest BCUT2D eigenvalue weighted by Gasteiger charge is -2.49. The number of rotatable bonds is 3. The Morgan fingerprint density at radius 3 is 2.49 bits per heavy atom. The Hall–Kier alpha value is -3.42. The Balaban J connectivity index is 1.49. The highest BCUT2D eigenvalue weighted by molar-refractivity contribution is 6.39. The fourth-order valence-electron chi connectivity index (χ4n) is 5.36. The third kappa shape index (κ3) is 5.16. The lowest BCUT2D eigenvalue weighted by molar-refractivity contribution is -0.152. The van der Waals surface area contributed by atoms with Gasteiger partial charge in [0.05, 0.1) is 17.4 Å². The maximum Gasteiger partial charge on any atom is 0.413 e. The van der Waals surface area contributed by atoms with Crippen LogP contribution in [0.25, 0.3) is 0 Å². The molecule has 2 heterocycles. The zero-order valence-corrected chi connectivity index (χ0v) is 21.1. The zero-order valence-electron chi connectivity index (χ0n) is 21.1. The molecule has 2 aliphatic rings. The van der Waals surface area contributed by atoms with Gasteiger partial charge in [0.2, 0.25) is 0 Å². The van der Waals surface area contributed by atoms with Crippen molar-refractivity contribution >= 4 is 29.4 Å². The van der Waals surface area contributed by atoms with Crippen LogP contribution in [0.2, 0.25) is 0 Å². The lowest BCUT2D eigenvalue weighted by atomic mass is 9.74. The molecule has 35 heavy (non-hydrogen) atoms. The van der Waals surface area contributed by atoms with E-state index in [-0.39, 0.29) is 0 Å². The molecule has 186 valence electrons. The first-order valence-electron chi connectivity index (χ1n) is 12.1. The molecule has 1 saturated carbocycles. The molecular formula is C27H34N4O4. The van der Waals surface area contributed by atoms with E-state index in [1.54, 1.807) is 38.7 Å². The molecule has 1 aromatic carbocycles. The van der Waals surface area contributed by atoms with Gasteiger partial charge in [-0.05, 0) is 82.9 Å². The highest BCUT2D eigenvalue weighted by atomic mass is 16.6. The van der Waals surface area contributed by atoms with E-state index in [2.05, 4.69) is 22.5 Å². The number of carbonyl (C=O) groups excluding carboxylic acids is 3. The predicted octanol–water partition coefficient (Wildman–Crippen LogP) is 4.85. The molecule has 1 aliphatic carbocycles. The molecule has 2 bridgehead atoms. The second-order valence-electron chi connectivity index (χ2n) is 10.8. The SMILES string of the molecule is Cc1cc(NC(=O)C(=O)N2C[C@@H]3CC[C@@H](C3)[C@@]2(C)c2ccccc2)cnc1NC(=O)OC(C)(C)C. The van der Waals surface area contributed by atoms with Gasteiger partial charge in [0.15, 0.2) is 0 Å². The normalized spacial score (nSPS) is 23.5. The predicted molar refractivity (Wildman–Crippen MR) is 134 cm³/mol. The number of nitrogens with one attached hydrogen (secondary N) is 2. The van der Waals surface area contributed by atoms with E-state index in [0.717, 1.165) is 24.8 Å². The molecule has 0 spiro atoms. The Kier molecular flexibility index (Phi) is 6.58. The molecule has 1 saturated heterocycles. The minimum atomic E-state index is -0.692. The fourth-order valence-corrected chi connectivity index (χ4v) is 5.36. The van der Waals surface area contributed by atoms with Crippen LogP contribution in [0.4, 0.5) is 16.3 Å². The van der Waals surface area contributed by atoms with Crippen LogP contribution in [0.15, 0.2) is 42.6 Å². The van der Waals surface area contributed by atoms with Crippen LogP contribution in [-0.2, 0) is 19.9 Å². The minimum Gasteiger partial charge on any atom is -0.444 e. The molecule has 8 nitrogen and oxygen atoms in total. The van der Waals surface area contributed by atoms with Crippen molar-refractivity contribution in [2.24, 2.45) is 11.8 Å². The maximum absolute atomic E-state index is 13.5. The molecule has 3 amide bonds. The number of hydrogen-bond donors (Lipinski definition) is 2. The van der Waals surface area contributed by atoms with Crippen LogP contribution in [0, 0.1) is 18.8 Å². The van der Waals surface area contributed by atoms with Crippen LogP contribution >= 0.6 is 0 Å². The van der Waals surface area contributed by atoms with Crippen molar-refractivity contribution in [1.29, 1.82) is 0 Å². The smallest absolute Gasteiger partial charge is 0.413 e. The summed E-state index contributed by atoms with van der Waals surface area (Å²) in [6.45, 7) is 9.75. The largest absolute Gasteiger partial charge is 0.444 e. The summed E-state index contributed by atoms with van der Waals surface area (Å²) in [7, 11) is 0. The summed E-state index contributed by atoms with van der Waals surface area (Å²) < 4.78 is 5.26. The molecule has 2 aromatic rings. The minimum absolute atomic E-state index is 0.322. The lowest BCUT2D eigenvalue weighted by Crippen LogP contribution is -2.57. The number of aryl methyl sites for hydroxylation is 1. The van der Waals surface area contributed by atoms with Gasteiger partial charge in [-0.1, -0.05) is 30.3 Å². The highest BCUT2D eigenvalue weighted by Crippen LogP contribution is 2.51. The standard InChI is InChI=1S/C27H34N4O4/c1-17-13-21(15-28-22(17)30-25(34)35-26(2,3)4)29-23(32)24(33)31-16-18-11-12-20(14-18)27(31,5)19-9-7-6-8-10-19/h6-10,13,15,18,20H,11-12,14,16H2,1-5H3,(H,29,32)(H,28,30,34)/t18-,20+,27-/m1/s1. The molecule has 0 unspecified atom stereocenters. The van der Waals surface area contributed by atoms with E-state index < -0.39 is 29.0 Å². The van der Waals surface area contributed by atoms with Crippen LogP contribution in [-0.4, -0.2) is 39.9 Å². The van der Waals surface area contributed by atoms with E-state index in [1.165, 1.54) is 6.20 Å². The fraction of sp³-hybridized carbons (Fsp3) is 0.481. The molecule has 2 N–H and O–H groups in total. The molecular weight excluding hydrogens is 444 g/mol. The Bertz CT molecular complexity index is 1130. The van der Waals surface area contributed by atoms with Crippen LogP contribution in [0.5, 0.6) is 0 Å². The van der Waals surface area contributed by atoms with Crippen molar-refractivity contribution in [3.8, 4) is 0 Å². The molecule has 3 atom stereocenters. The van der Waals surface area contributed by atoms with Crippen molar-refractivity contribution in [3.05, 3.63) is 53.7 Å². The number of anilines is 2. The number of carbonyl (C=O) groups is 3. The zero-order chi connectivity index (χ0) is 25.4. The number of piperidine rings is 1. The summed E-state index contributed by atoms with van der Waals surface area (Å²) >= 11 is 0. The second-order valence-corrected chi connectivity index (χ2v) is 10.8. The van der Waals surface area contributed by atoms with Gasteiger partial charge in [-0.3, -0.25) is 14.9 Å². The first-order valence-corrected chi connectivity index (χ1v) is 12.1. The molecule has 1 aliphatic heterocycles. The molecule has 4 rings (SSSR count). The first kappa shape index (κ1) is 24.7. The van der Waals surface area contributed by atoms with Gasteiger partial charge in [-0.2, -0.15) is 0 Å². The molecule has 2 fully saturated rings. The van der Waals surface area contributed by atoms with Crippen molar-refractivity contribution < 1.29 is 19.1 Å². The van der Waals surface area contributed by atoms with Gasteiger partial charge in [-0.25, -0.2) is 9.78 Å². The summed E-state index contributed by atoms with van der Waals surface area (Å²) in [5.41, 5.74) is 0.914. The summed E-state index contributed by atoms with van der Waals surface area (Å²) in [6.07, 6.45) is 4.01. The number of nitrogens with zero attached hydrogens (tertiary/aromatic N) is 2. The van der Waals surface area contributed by atoms with Gasteiger partial charge in [0.1, 0.15) is 11.4 Å². The van der Waals surface area contributed by atoms with Gasteiger partial charge in [0, 0.05) is 6.54 Å². The number of amides is 3. The van der Waals surface area contributed by atoms with Crippen LogP contribution in [0.1, 0.15) is 58.1 Å². The Morgan fingerprint density at radius 2 is 1.83 bits per heavy atom. The molecule has 1 aromatic heterocycles. The number of benzene rings is 1. The van der Waals surface area contributed by atoms with E-state index >= 15 is 0 Å². The number of fused-ring (bicyclic) bond motifs is 2. The average Bonchev–Trinajstić information content (AvgIpc) is 3.22. The quantitative estimate of drug-likeness (QED) is 0.614. The van der Waals surface area contributed by atoms with Crippen molar-refractivity contribution in [2.45, 2.75) is 65.0 Å². The van der Waals surface area contributed by atoms with E-state index in [9.17, 15) is 14.4 Å². The van der Waals surface area contributed by atoms with Gasteiger partial charge in [0.25, 0.3) is 0 Å². The average molecular weight is 479 g/mol. The van der Waals surface area contributed by atoms with E-state index in [0.29, 0.717) is 35.4 Å². The van der Waals surface area contributed by atoms with Gasteiger partial charge < -0.3 is 15.0 Å². The summed E-state index contributed by atoms with van der Waals surface area (Å²) in [6, 6.07) is 11.7. The summed E-state index contributed by atoms with van der Waals surface area (Å²) in [5, 5.41) is 5.31. The number of aromatic nitrogens is 1. The number of likely N-dealkylation sites (tertiary alicyclic amines) is 1. The Morgan fingerprint density at radius 1 is 1.11 bits per heavy atom. The highest BCUT2D eigenvalue weighted by Gasteiger charge is 2.52. The van der Waals surface area contributed by atoms with Crippen molar-refractivity contribution in [3.63, 3.8) is 0 Å². The van der Waals surface area contributed by atoms with E-state index in [1.807, 2.05) is 30.3 Å². The summed E-state index contributed by atoms with van der Waals surface area (Å²) in [4.78, 5) is 44.6. The topological polar surface area (TPSA) is 101 Å². The maximum atomic E-state index is 13.5. The monoisotopic (exact) mass is 478 g/mol. The van der Waals surface area contributed by atoms with Crippen molar-refractivity contribution in [1.82, 2.24) is 9.88 Å². The van der Waals surface area contributed by atoms with Crippen molar-refractivity contribution in [2.75, 3.05) is 17.2 Å².